The summed E-state index contributed by atoms with van der Waals surface area (Å²) in [6.07, 6.45) is 2.84. The van der Waals surface area contributed by atoms with Gasteiger partial charge in [0.25, 0.3) is 0 Å². The van der Waals surface area contributed by atoms with Gasteiger partial charge in [0, 0.05) is 11.8 Å². The van der Waals surface area contributed by atoms with Crippen LogP contribution in [0, 0.1) is 5.82 Å². The van der Waals surface area contributed by atoms with Crippen LogP contribution in [-0.4, -0.2) is 24.1 Å². The highest BCUT2D eigenvalue weighted by molar-refractivity contribution is 7.80. The molecule has 0 radical (unpaired) electrons. The molecule has 0 atom stereocenters. The summed E-state index contributed by atoms with van der Waals surface area (Å²) in [5, 5.41) is 5.42. The van der Waals surface area contributed by atoms with E-state index in [0.717, 1.165) is 0 Å². The van der Waals surface area contributed by atoms with Crippen molar-refractivity contribution in [3.05, 3.63) is 71.6 Å². The second-order valence-corrected chi connectivity index (χ2v) is 5.31. The third-order valence-electron chi connectivity index (χ3n) is 3.10. The maximum absolute atomic E-state index is 12.8. The van der Waals surface area contributed by atoms with E-state index < -0.39 is 11.9 Å². The first kappa shape index (κ1) is 18.3. The highest BCUT2D eigenvalue weighted by Gasteiger charge is 2.06. The minimum Gasteiger partial charge on any atom is -0.465 e. The van der Waals surface area contributed by atoms with Crippen molar-refractivity contribution in [2.75, 3.05) is 12.4 Å². The fourth-order valence-electron chi connectivity index (χ4n) is 1.87. The zero-order valence-corrected chi connectivity index (χ0v) is 14.1. The van der Waals surface area contributed by atoms with E-state index in [4.69, 9.17) is 12.2 Å². The summed E-state index contributed by atoms with van der Waals surface area (Å²) in [5.41, 5.74) is 1.71. The first-order valence-corrected chi connectivity index (χ1v) is 7.63. The number of ether oxygens (including phenoxy) is 1. The van der Waals surface area contributed by atoms with E-state index in [9.17, 15) is 14.0 Å². The van der Waals surface area contributed by atoms with Crippen molar-refractivity contribution in [1.82, 2.24) is 5.32 Å². The first-order chi connectivity index (χ1) is 12.0. The molecule has 5 nitrogen and oxygen atoms in total. The van der Waals surface area contributed by atoms with Gasteiger partial charge in [0.05, 0.1) is 12.7 Å². The van der Waals surface area contributed by atoms with Gasteiger partial charge in [-0.05, 0) is 60.3 Å². The van der Waals surface area contributed by atoms with Crippen LogP contribution in [0.15, 0.2) is 54.6 Å². The Labute approximate surface area is 149 Å². The Morgan fingerprint density at radius 1 is 1.08 bits per heavy atom. The van der Waals surface area contributed by atoms with Crippen LogP contribution in [0.4, 0.5) is 10.1 Å². The Morgan fingerprint density at radius 2 is 1.72 bits per heavy atom. The fraction of sp³-hybridized carbons (Fsp3) is 0.0556. The number of halogens is 1. The van der Waals surface area contributed by atoms with Crippen LogP contribution < -0.4 is 10.6 Å². The number of benzene rings is 2. The quantitative estimate of drug-likeness (QED) is 0.499. The van der Waals surface area contributed by atoms with Gasteiger partial charge in [-0.25, -0.2) is 9.18 Å². The molecule has 0 spiro atoms. The topological polar surface area (TPSA) is 67.4 Å². The molecular weight excluding hydrogens is 343 g/mol. The van der Waals surface area contributed by atoms with Gasteiger partial charge in [0.2, 0.25) is 5.91 Å². The predicted octanol–water partition coefficient (Wildman–Crippen LogP) is 3.14. The van der Waals surface area contributed by atoms with Crippen LogP contribution in [0.3, 0.4) is 0 Å². The number of carbonyl (C=O) groups is 2. The summed E-state index contributed by atoms with van der Waals surface area (Å²) in [6, 6.07) is 12.2. The summed E-state index contributed by atoms with van der Waals surface area (Å²) in [6.45, 7) is 0. The maximum Gasteiger partial charge on any atom is 0.337 e. The summed E-state index contributed by atoms with van der Waals surface area (Å²) in [5.74, 6) is -1.20. The Morgan fingerprint density at radius 3 is 2.32 bits per heavy atom. The lowest BCUT2D eigenvalue weighted by Crippen LogP contribution is -2.32. The normalized spacial score (nSPS) is 10.3. The third kappa shape index (κ3) is 5.82. The highest BCUT2D eigenvalue weighted by atomic mass is 32.1. The molecule has 128 valence electrons. The van der Waals surface area contributed by atoms with Crippen molar-refractivity contribution in [3.63, 3.8) is 0 Å². The van der Waals surface area contributed by atoms with Gasteiger partial charge in [0.15, 0.2) is 5.11 Å². The van der Waals surface area contributed by atoms with Crippen molar-refractivity contribution in [3.8, 4) is 0 Å². The molecule has 7 heteroatoms. The molecule has 1 amide bonds. The number of nitrogens with one attached hydrogen (secondary N) is 2. The van der Waals surface area contributed by atoms with E-state index in [0.29, 0.717) is 16.8 Å². The molecule has 2 N–H and O–H groups in total. The molecule has 0 fully saturated rings. The van der Waals surface area contributed by atoms with E-state index >= 15 is 0 Å². The van der Waals surface area contributed by atoms with E-state index in [1.54, 1.807) is 42.5 Å². The van der Waals surface area contributed by atoms with Crippen molar-refractivity contribution >= 4 is 41.0 Å². The summed E-state index contributed by atoms with van der Waals surface area (Å²) < 4.78 is 17.4. The number of thiocarbonyl (C=S) groups is 1. The van der Waals surface area contributed by atoms with Gasteiger partial charge in [0.1, 0.15) is 5.82 Å². The van der Waals surface area contributed by atoms with Crippen LogP contribution in [0.5, 0.6) is 0 Å². The fourth-order valence-corrected chi connectivity index (χ4v) is 2.09. The minimum absolute atomic E-state index is 0.111. The molecule has 0 aromatic heterocycles. The molecule has 0 unspecified atom stereocenters. The van der Waals surface area contributed by atoms with Crippen molar-refractivity contribution in [1.29, 1.82) is 0 Å². The second-order valence-electron chi connectivity index (χ2n) is 4.90. The van der Waals surface area contributed by atoms with Gasteiger partial charge >= 0.3 is 5.97 Å². The largest absolute Gasteiger partial charge is 0.465 e. The molecule has 0 aliphatic carbocycles. The molecule has 0 saturated heterocycles. The van der Waals surface area contributed by atoms with Gasteiger partial charge in [-0.1, -0.05) is 12.1 Å². The van der Waals surface area contributed by atoms with Crippen LogP contribution in [-0.2, 0) is 9.53 Å². The number of hydrogen-bond acceptors (Lipinski definition) is 4. The number of amides is 1. The Bertz CT molecular complexity index is 802. The molecule has 0 saturated carbocycles. The zero-order valence-electron chi connectivity index (χ0n) is 13.3. The summed E-state index contributed by atoms with van der Waals surface area (Å²) >= 11 is 5.05. The number of methoxy groups -OCH3 is 1. The van der Waals surface area contributed by atoms with Crippen molar-refractivity contribution in [2.24, 2.45) is 0 Å². The van der Waals surface area contributed by atoms with E-state index in [1.165, 1.54) is 25.3 Å². The van der Waals surface area contributed by atoms with Gasteiger partial charge in [-0.3, -0.25) is 10.1 Å². The molecule has 2 rings (SSSR count). The standard InChI is InChI=1S/C18H15FN2O3S/c1-24-17(23)13-5-9-15(10-6-13)20-18(25)21-16(22)11-4-12-2-7-14(19)8-3-12/h2-11H,1H3,(H2,20,21,22,25). The monoisotopic (exact) mass is 358 g/mol. The Kier molecular flexibility index (Phi) is 6.36. The lowest BCUT2D eigenvalue weighted by atomic mass is 10.2. The first-order valence-electron chi connectivity index (χ1n) is 7.22. The van der Waals surface area contributed by atoms with Crippen LogP contribution in [0.1, 0.15) is 15.9 Å². The van der Waals surface area contributed by atoms with Gasteiger partial charge in [-0.2, -0.15) is 0 Å². The van der Waals surface area contributed by atoms with Crippen LogP contribution in [0.25, 0.3) is 6.08 Å². The summed E-state index contributed by atoms with van der Waals surface area (Å²) in [7, 11) is 1.30. The number of rotatable bonds is 4. The van der Waals surface area contributed by atoms with Crippen molar-refractivity contribution < 1.29 is 18.7 Å². The maximum atomic E-state index is 12.8. The lowest BCUT2D eigenvalue weighted by Gasteiger charge is -2.08. The molecule has 0 aliphatic rings. The van der Waals surface area contributed by atoms with Gasteiger partial charge < -0.3 is 10.1 Å². The molecule has 25 heavy (non-hydrogen) atoms. The van der Waals surface area contributed by atoms with Crippen molar-refractivity contribution in [2.45, 2.75) is 0 Å². The predicted molar refractivity (Wildman–Crippen MR) is 97.6 cm³/mol. The minimum atomic E-state index is -0.437. The molecular formula is C18H15FN2O3S. The SMILES string of the molecule is COC(=O)c1ccc(NC(=S)NC(=O)C=Cc2ccc(F)cc2)cc1. The Balaban J connectivity index is 1.87. The smallest absolute Gasteiger partial charge is 0.337 e. The Hall–Kier alpha value is -3.06. The number of anilines is 1. The van der Waals surface area contributed by atoms with E-state index in [2.05, 4.69) is 15.4 Å². The average molecular weight is 358 g/mol. The van der Waals surface area contributed by atoms with E-state index in [1.807, 2.05) is 0 Å². The molecule has 0 heterocycles. The molecule has 0 bridgehead atoms. The number of esters is 1. The second kappa shape index (κ2) is 8.70. The zero-order chi connectivity index (χ0) is 18.2. The number of carbonyl (C=O) groups excluding carboxylic acids is 2. The van der Waals surface area contributed by atoms with Crippen LogP contribution in [0.2, 0.25) is 0 Å². The van der Waals surface area contributed by atoms with E-state index in [-0.39, 0.29) is 10.9 Å². The number of hydrogen-bond donors (Lipinski definition) is 2. The lowest BCUT2D eigenvalue weighted by molar-refractivity contribution is -0.115. The molecule has 2 aromatic carbocycles. The average Bonchev–Trinajstić information content (AvgIpc) is 2.61. The molecule has 2 aromatic rings. The van der Waals surface area contributed by atoms with Gasteiger partial charge in [-0.15, -0.1) is 0 Å². The van der Waals surface area contributed by atoms with Crippen LogP contribution >= 0.6 is 12.2 Å². The summed E-state index contributed by atoms with van der Waals surface area (Å²) in [4.78, 5) is 23.2. The highest BCUT2D eigenvalue weighted by Crippen LogP contribution is 2.10. The third-order valence-corrected chi connectivity index (χ3v) is 3.30. The molecule has 0 aliphatic heterocycles.